The molecular formula is C19H15NO3. The molecule has 1 N–H and O–H groups in total. The number of benzene rings is 2. The van der Waals surface area contributed by atoms with Crippen molar-refractivity contribution in [1.29, 1.82) is 0 Å². The zero-order valence-corrected chi connectivity index (χ0v) is 12.3. The van der Waals surface area contributed by atoms with Gasteiger partial charge in [0.05, 0.1) is 5.92 Å². The van der Waals surface area contributed by atoms with Crippen LogP contribution in [0.1, 0.15) is 18.2 Å². The van der Waals surface area contributed by atoms with Gasteiger partial charge >= 0.3 is 5.97 Å². The van der Waals surface area contributed by atoms with Gasteiger partial charge in [-0.05, 0) is 6.42 Å². The van der Waals surface area contributed by atoms with Gasteiger partial charge in [-0.1, -0.05) is 60.7 Å². The summed E-state index contributed by atoms with van der Waals surface area (Å²) in [5.74, 6) is -0.0537. The maximum atomic E-state index is 11.1. The lowest BCUT2D eigenvalue weighted by Gasteiger charge is -2.00. The van der Waals surface area contributed by atoms with E-state index in [1.807, 2.05) is 60.7 Å². The van der Waals surface area contributed by atoms with Crippen LogP contribution in [0.5, 0.6) is 0 Å². The molecule has 114 valence electrons. The van der Waals surface area contributed by atoms with Crippen LogP contribution in [0.4, 0.5) is 0 Å². The van der Waals surface area contributed by atoms with E-state index in [1.54, 1.807) is 0 Å². The molecule has 0 bridgehead atoms. The van der Waals surface area contributed by atoms with Gasteiger partial charge in [-0.3, -0.25) is 4.79 Å². The predicted molar refractivity (Wildman–Crippen MR) is 85.9 cm³/mol. The molecule has 0 radical (unpaired) electrons. The van der Waals surface area contributed by atoms with E-state index in [0.717, 1.165) is 16.8 Å². The molecule has 4 rings (SSSR count). The highest BCUT2D eigenvalue weighted by molar-refractivity contribution is 5.78. The maximum Gasteiger partial charge on any atom is 0.307 e. The van der Waals surface area contributed by atoms with Gasteiger partial charge in [-0.2, -0.15) is 0 Å². The molecule has 0 amide bonds. The average Bonchev–Trinajstić information content (AvgIpc) is 3.28. The number of hydrogen-bond acceptors (Lipinski definition) is 3. The van der Waals surface area contributed by atoms with Crippen molar-refractivity contribution in [2.45, 2.75) is 12.3 Å². The molecule has 0 unspecified atom stereocenters. The zero-order chi connectivity index (χ0) is 15.8. The Kier molecular flexibility index (Phi) is 3.23. The summed E-state index contributed by atoms with van der Waals surface area (Å²) in [5, 5.41) is 9.13. The molecule has 4 nitrogen and oxygen atoms in total. The standard InChI is InChI=1S/C19H15NO3/c21-19(22)15-11-14(15)18-20-16(12-7-3-1-4-8-12)17(23-18)13-9-5-2-6-10-13/h1-10,14-15H,11H2,(H,21,22)/t14-,15+/m0/s1. The molecule has 1 aliphatic carbocycles. The fourth-order valence-electron chi connectivity index (χ4n) is 2.81. The molecule has 2 atom stereocenters. The van der Waals surface area contributed by atoms with Gasteiger partial charge in [0.2, 0.25) is 0 Å². The van der Waals surface area contributed by atoms with E-state index >= 15 is 0 Å². The number of carboxylic acids is 1. The highest BCUT2D eigenvalue weighted by Crippen LogP contribution is 2.49. The predicted octanol–water partition coefficient (Wildman–Crippen LogP) is 4.20. The van der Waals surface area contributed by atoms with Gasteiger partial charge in [-0.15, -0.1) is 0 Å². The smallest absolute Gasteiger partial charge is 0.307 e. The Labute approximate surface area is 133 Å². The number of aromatic nitrogens is 1. The van der Waals surface area contributed by atoms with Crippen LogP contribution in [0.3, 0.4) is 0 Å². The number of carboxylic acid groups (broad SMARTS) is 1. The summed E-state index contributed by atoms with van der Waals surface area (Å²) in [5.41, 5.74) is 2.68. The van der Waals surface area contributed by atoms with Crippen molar-refractivity contribution < 1.29 is 14.3 Å². The van der Waals surface area contributed by atoms with Crippen LogP contribution in [0.25, 0.3) is 22.6 Å². The summed E-state index contributed by atoms with van der Waals surface area (Å²) in [6.45, 7) is 0. The highest BCUT2D eigenvalue weighted by Gasteiger charge is 2.48. The number of oxazole rings is 1. The first-order valence-corrected chi connectivity index (χ1v) is 7.58. The van der Waals surface area contributed by atoms with Crippen LogP contribution in [-0.2, 0) is 4.79 Å². The minimum atomic E-state index is -0.782. The van der Waals surface area contributed by atoms with Crippen LogP contribution in [0.15, 0.2) is 65.1 Å². The third-order valence-electron chi connectivity index (χ3n) is 4.15. The second-order valence-corrected chi connectivity index (χ2v) is 5.75. The average molecular weight is 305 g/mol. The summed E-state index contributed by atoms with van der Waals surface area (Å²) in [6, 6.07) is 19.6. The topological polar surface area (TPSA) is 63.3 Å². The number of rotatable bonds is 4. The fraction of sp³-hybridized carbons (Fsp3) is 0.158. The van der Waals surface area contributed by atoms with E-state index in [9.17, 15) is 4.79 Å². The summed E-state index contributed by atoms with van der Waals surface area (Å²) in [4.78, 5) is 15.7. The Hall–Kier alpha value is -2.88. The highest BCUT2D eigenvalue weighted by atomic mass is 16.4. The molecule has 1 saturated carbocycles. The van der Waals surface area contributed by atoms with Crippen LogP contribution in [-0.4, -0.2) is 16.1 Å². The van der Waals surface area contributed by atoms with E-state index < -0.39 is 5.97 Å². The molecule has 1 heterocycles. The summed E-state index contributed by atoms with van der Waals surface area (Å²) < 4.78 is 5.99. The van der Waals surface area contributed by atoms with Gasteiger partial charge < -0.3 is 9.52 Å². The second-order valence-electron chi connectivity index (χ2n) is 5.75. The third kappa shape index (κ3) is 2.52. The van der Waals surface area contributed by atoms with Crippen molar-refractivity contribution in [2.75, 3.05) is 0 Å². The molecule has 0 spiro atoms. The van der Waals surface area contributed by atoms with Crippen molar-refractivity contribution >= 4 is 5.97 Å². The summed E-state index contributed by atoms with van der Waals surface area (Å²) in [7, 11) is 0. The molecule has 1 fully saturated rings. The van der Waals surface area contributed by atoms with Gasteiger partial charge in [0, 0.05) is 17.0 Å². The number of carbonyl (C=O) groups is 1. The van der Waals surface area contributed by atoms with Crippen LogP contribution >= 0.6 is 0 Å². The molecule has 3 aromatic rings. The Morgan fingerprint density at radius 3 is 2.17 bits per heavy atom. The van der Waals surface area contributed by atoms with E-state index in [2.05, 4.69) is 4.98 Å². The first kappa shape index (κ1) is 13.8. The SMILES string of the molecule is O=C(O)[C@@H]1C[C@@H]1c1nc(-c2ccccc2)c(-c2ccccc2)o1. The maximum absolute atomic E-state index is 11.1. The molecule has 0 saturated heterocycles. The van der Waals surface area contributed by atoms with Crippen molar-refractivity contribution in [3.63, 3.8) is 0 Å². The Morgan fingerprint density at radius 2 is 1.61 bits per heavy atom. The fourth-order valence-corrected chi connectivity index (χ4v) is 2.81. The van der Waals surface area contributed by atoms with Crippen molar-refractivity contribution in [3.8, 4) is 22.6 Å². The zero-order valence-electron chi connectivity index (χ0n) is 12.3. The van der Waals surface area contributed by atoms with Crippen molar-refractivity contribution in [2.24, 2.45) is 5.92 Å². The molecule has 1 aromatic heterocycles. The van der Waals surface area contributed by atoms with E-state index in [0.29, 0.717) is 18.1 Å². The first-order chi connectivity index (χ1) is 11.2. The van der Waals surface area contributed by atoms with Gasteiger partial charge in [0.25, 0.3) is 0 Å². The molecular weight excluding hydrogens is 290 g/mol. The van der Waals surface area contributed by atoms with Gasteiger partial charge in [0.1, 0.15) is 5.69 Å². The second kappa shape index (κ2) is 5.39. The largest absolute Gasteiger partial charge is 0.481 e. The van der Waals surface area contributed by atoms with E-state index in [-0.39, 0.29) is 11.8 Å². The molecule has 23 heavy (non-hydrogen) atoms. The van der Waals surface area contributed by atoms with Crippen LogP contribution < -0.4 is 0 Å². The van der Waals surface area contributed by atoms with Crippen molar-refractivity contribution in [1.82, 2.24) is 4.98 Å². The minimum Gasteiger partial charge on any atom is -0.481 e. The Balaban J connectivity index is 1.81. The van der Waals surface area contributed by atoms with Crippen LogP contribution in [0.2, 0.25) is 0 Å². The number of aliphatic carboxylic acids is 1. The normalized spacial score (nSPS) is 19.5. The minimum absolute atomic E-state index is 0.118. The summed E-state index contributed by atoms with van der Waals surface area (Å²) >= 11 is 0. The van der Waals surface area contributed by atoms with Crippen molar-refractivity contribution in [3.05, 3.63) is 66.6 Å². The summed E-state index contributed by atoms with van der Waals surface area (Å²) in [6.07, 6.45) is 0.596. The third-order valence-corrected chi connectivity index (χ3v) is 4.15. The Morgan fingerprint density at radius 1 is 1.00 bits per heavy atom. The molecule has 0 aliphatic heterocycles. The molecule has 4 heteroatoms. The quantitative estimate of drug-likeness (QED) is 0.784. The first-order valence-electron chi connectivity index (χ1n) is 7.58. The Bertz CT molecular complexity index is 783. The lowest BCUT2D eigenvalue weighted by molar-refractivity contribution is -0.138. The van der Waals surface area contributed by atoms with Gasteiger partial charge in [0.15, 0.2) is 11.7 Å². The molecule has 2 aromatic carbocycles. The van der Waals surface area contributed by atoms with Gasteiger partial charge in [-0.25, -0.2) is 4.98 Å². The number of nitrogens with zero attached hydrogens (tertiary/aromatic N) is 1. The van der Waals surface area contributed by atoms with E-state index in [4.69, 9.17) is 9.52 Å². The lowest BCUT2D eigenvalue weighted by Crippen LogP contribution is -1.98. The van der Waals surface area contributed by atoms with Crippen LogP contribution in [0, 0.1) is 5.92 Å². The lowest BCUT2D eigenvalue weighted by atomic mass is 10.1. The van der Waals surface area contributed by atoms with E-state index in [1.165, 1.54) is 0 Å². The monoisotopic (exact) mass is 305 g/mol. The molecule has 1 aliphatic rings. The number of hydrogen-bond donors (Lipinski definition) is 1.